The van der Waals surface area contributed by atoms with Crippen LogP contribution in [0.15, 0.2) is 0 Å². The van der Waals surface area contributed by atoms with Crippen molar-refractivity contribution < 1.29 is 8.42 Å². The molecule has 0 aromatic rings. The van der Waals surface area contributed by atoms with Crippen molar-refractivity contribution in [1.82, 2.24) is 9.80 Å². The fourth-order valence-corrected chi connectivity index (χ4v) is 5.17. The van der Waals surface area contributed by atoms with Gasteiger partial charge in [0.1, 0.15) is 0 Å². The molecule has 0 bridgehead atoms. The molecule has 118 valence electrons. The van der Waals surface area contributed by atoms with Crippen LogP contribution in [0.3, 0.4) is 0 Å². The van der Waals surface area contributed by atoms with Crippen LogP contribution >= 0.6 is 0 Å². The molecule has 0 amide bonds. The molecule has 0 aromatic carbocycles. The van der Waals surface area contributed by atoms with Gasteiger partial charge in [0.25, 0.3) is 0 Å². The number of hydrogen-bond acceptors (Lipinski definition) is 4. The largest absolute Gasteiger partial charge is 0.302 e. The summed E-state index contributed by atoms with van der Waals surface area (Å²) >= 11 is 0. The van der Waals surface area contributed by atoms with Gasteiger partial charge in [-0.25, -0.2) is 8.42 Å². The van der Waals surface area contributed by atoms with Crippen LogP contribution in [0.1, 0.15) is 39.0 Å². The molecule has 1 heterocycles. The molecule has 1 aliphatic carbocycles. The summed E-state index contributed by atoms with van der Waals surface area (Å²) in [6.45, 7) is 6.81. The lowest BCUT2D eigenvalue weighted by atomic mass is 9.99. The average molecular weight is 302 g/mol. The minimum Gasteiger partial charge on any atom is -0.302 e. The van der Waals surface area contributed by atoms with Gasteiger partial charge in [-0.05, 0) is 51.7 Å². The Labute approximate surface area is 124 Å². The van der Waals surface area contributed by atoms with Crippen LogP contribution in [-0.2, 0) is 9.84 Å². The molecule has 1 saturated heterocycles. The molecule has 0 unspecified atom stereocenters. The molecule has 2 rings (SSSR count). The van der Waals surface area contributed by atoms with Crippen molar-refractivity contribution in [3.05, 3.63) is 0 Å². The molecule has 0 aromatic heterocycles. The zero-order valence-electron chi connectivity index (χ0n) is 13.2. The van der Waals surface area contributed by atoms with Gasteiger partial charge in [-0.3, -0.25) is 0 Å². The third-order valence-corrected chi connectivity index (χ3v) is 6.83. The maximum atomic E-state index is 11.9. The molecule has 0 radical (unpaired) electrons. The van der Waals surface area contributed by atoms with Crippen molar-refractivity contribution >= 4 is 9.84 Å². The normalized spacial score (nSPS) is 30.2. The first kappa shape index (κ1) is 16.2. The van der Waals surface area contributed by atoms with E-state index in [-0.39, 0.29) is 11.3 Å². The van der Waals surface area contributed by atoms with Crippen LogP contribution in [0.5, 0.6) is 0 Å². The Kier molecular flexibility index (Phi) is 5.49. The first-order valence-corrected chi connectivity index (χ1v) is 9.95. The van der Waals surface area contributed by atoms with Gasteiger partial charge in [-0.15, -0.1) is 0 Å². The Morgan fingerprint density at radius 1 is 1.15 bits per heavy atom. The maximum Gasteiger partial charge on any atom is 0.151 e. The molecular formula is C15H30N2O2S. The minimum atomic E-state index is -2.90. The highest BCUT2D eigenvalue weighted by molar-refractivity contribution is 7.91. The topological polar surface area (TPSA) is 40.6 Å². The second-order valence-corrected chi connectivity index (χ2v) is 9.14. The molecule has 4 nitrogen and oxygen atoms in total. The summed E-state index contributed by atoms with van der Waals surface area (Å²) in [5.41, 5.74) is 0. The first-order chi connectivity index (χ1) is 9.38. The van der Waals surface area contributed by atoms with Gasteiger partial charge in [0.05, 0.1) is 5.25 Å². The SMILES string of the molecule is CC1CCN(CCN(C)[C@@H]2CCC[C@@H]2S(C)(=O)=O)CC1. The van der Waals surface area contributed by atoms with Crippen LogP contribution in [0.2, 0.25) is 0 Å². The highest BCUT2D eigenvalue weighted by atomic mass is 32.2. The number of likely N-dealkylation sites (tertiary alicyclic amines) is 1. The van der Waals surface area contributed by atoms with E-state index >= 15 is 0 Å². The average Bonchev–Trinajstić information content (AvgIpc) is 2.87. The molecule has 2 fully saturated rings. The van der Waals surface area contributed by atoms with E-state index in [1.165, 1.54) is 32.2 Å². The van der Waals surface area contributed by atoms with Crippen molar-refractivity contribution in [3.8, 4) is 0 Å². The number of sulfone groups is 1. The molecule has 5 heteroatoms. The number of rotatable bonds is 5. The van der Waals surface area contributed by atoms with Crippen molar-refractivity contribution in [2.75, 3.05) is 39.5 Å². The second-order valence-electron chi connectivity index (χ2n) is 6.87. The molecule has 0 spiro atoms. The Morgan fingerprint density at radius 2 is 1.80 bits per heavy atom. The molecule has 0 N–H and O–H groups in total. The summed E-state index contributed by atoms with van der Waals surface area (Å²) in [6, 6.07) is 0.230. The summed E-state index contributed by atoms with van der Waals surface area (Å²) in [4.78, 5) is 4.82. The van der Waals surface area contributed by atoms with Gasteiger partial charge in [0.2, 0.25) is 0 Å². The lowest BCUT2D eigenvalue weighted by molar-refractivity contribution is 0.154. The Hall–Kier alpha value is -0.130. The predicted molar refractivity (Wildman–Crippen MR) is 83.7 cm³/mol. The number of likely N-dealkylation sites (N-methyl/N-ethyl adjacent to an activating group) is 1. The smallest absolute Gasteiger partial charge is 0.151 e. The first-order valence-electron chi connectivity index (χ1n) is 7.99. The molecule has 1 saturated carbocycles. The quantitative estimate of drug-likeness (QED) is 0.774. The van der Waals surface area contributed by atoms with Gasteiger partial charge in [-0.2, -0.15) is 0 Å². The van der Waals surface area contributed by atoms with E-state index in [2.05, 4.69) is 23.8 Å². The Balaban J connectivity index is 1.81. The molecule has 20 heavy (non-hydrogen) atoms. The van der Waals surface area contributed by atoms with Gasteiger partial charge in [0, 0.05) is 25.4 Å². The van der Waals surface area contributed by atoms with E-state index in [0.717, 1.165) is 38.3 Å². The Bertz CT molecular complexity index is 402. The second kappa shape index (κ2) is 6.75. The van der Waals surface area contributed by atoms with E-state index < -0.39 is 9.84 Å². The lowest BCUT2D eigenvalue weighted by Crippen LogP contribution is -2.45. The monoisotopic (exact) mass is 302 g/mol. The molecule has 2 aliphatic rings. The molecule has 1 aliphatic heterocycles. The zero-order chi connectivity index (χ0) is 14.8. The highest BCUT2D eigenvalue weighted by Crippen LogP contribution is 2.28. The highest BCUT2D eigenvalue weighted by Gasteiger charge is 2.37. The molecular weight excluding hydrogens is 272 g/mol. The summed E-state index contributed by atoms with van der Waals surface area (Å²) in [5.74, 6) is 0.869. The van der Waals surface area contributed by atoms with Gasteiger partial charge < -0.3 is 9.80 Å². The van der Waals surface area contributed by atoms with Crippen molar-refractivity contribution in [1.29, 1.82) is 0 Å². The summed E-state index contributed by atoms with van der Waals surface area (Å²) in [7, 11) is -0.805. The van der Waals surface area contributed by atoms with Crippen LogP contribution < -0.4 is 0 Å². The maximum absolute atomic E-state index is 11.9. The van der Waals surface area contributed by atoms with Crippen LogP contribution in [-0.4, -0.2) is 69.0 Å². The van der Waals surface area contributed by atoms with E-state index in [9.17, 15) is 8.42 Å². The van der Waals surface area contributed by atoms with Crippen LogP contribution in [0.25, 0.3) is 0 Å². The number of hydrogen-bond donors (Lipinski definition) is 0. The summed E-state index contributed by atoms with van der Waals surface area (Å²) < 4.78 is 23.7. The predicted octanol–water partition coefficient (Wildman–Crippen LogP) is 1.62. The van der Waals surface area contributed by atoms with Gasteiger partial charge >= 0.3 is 0 Å². The van der Waals surface area contributed by atoms with Crippen LogP contribution in [0, 0.1) is 5.92 Å². The Morgan fingerprint density at radius 3 is 2.40 bits per heavy atom. The van der Waals surface area contributed by atoms with E-state index in [4.69, 9.17) is 0 Å². The minimum absolute atomic E-state index is 0.145. The number of piperidine rings is 1. The van der Waals surface area contributed by atoms with Crippen molar-refractivity contribution in [3.63, 3.8) is 0 Å². The lowest BCUT2D eigenvalue weighted by Gasteiger charge is -2.34. The fraction of sp³-hybridized carbons (Fsp3) is 1.00. The number of nitrogens with zero attached hydrogens (tertiary/aromatic N) is 2. The van der Waals surface area contributed by atoms with Gasteiger partial charge in [0.15, 0.2) is 9.84 Å². The molecule has 2 atom stereocenters. The van der Waals surface area contributed by atoms with E-state index in [0.29, 0.717) is 0 Å². The summed E-state index contributed by atoms with van der Waals surface area (Å²) in [6.07, 6.45) is 6.93. The van der Waals surface area contributed by atoms with E-state index in [1.807, 2.05) is 0 Å². The zero-order valence-corrected chi connectivity index (χ0v) is 14.0. The third-order valence-electron chi connectivity index (χ3n) is 5.18. The van der Waals surface area contributed by atoms with Crippen LogP contribution in [0.4, 0.5) is 0 Å². The van der Waals surface area contributed by atoms with Gasteiger partial charge in [-0.1, -0.05) is 13.3 Å². The standard InChI is InChI=1S/C15H30N2O2S/c1-13-7-9-17(10-8-13)12-11-16(2)14-5-4-6-15(14)20(3,18)19/h13-15H,4-12H2,1-3H3/t14-,15+/m1/s1. The summed E-state index contributed by atoms with van der Waals surface area (Å²) in [5, 5.41) is -0.145. The van der Waals surface area contributed by atoms with Crippen molar-refractivity contribution in [2.45, 2.75) is 50.3 Å². The fourth-order valence-electron chi connectivity index (χ4n) is 3.66. The van der Waals surface area contributed by atoms with Crippen molar-refractivity contribution in [2.24, 2.45) is 5.92 Å². The third kappa shape index (κ3) is 4.18. The van der Waals surface area contributed by atoms with E-state index in [1.54, 1.807) is 0 Å².